The molecule has 0 unspecified atom stereocenters. The number of halogens is 2. The summed E-state index contributed by atoms with van der Waals surface area (Å²) < 4.78 is 5.49. The van der Waals surface area contributed by atoms with Gasteiger partial charge in [-0.3, -0.25) is 10.1 Å². The third-order valence-corrected chi connectivity index (χ3v) is 3.58. The van der Waals surface area contributed by atoms with E-state index in [1.165, 1.54) is 12.1 Å². The topological polar surface area (TPSA) is 82.1 Å². The van der Waals surface area contributed by atoms with Gasteiger partial charge in [0.1, 0.15) is 5.03 Å². The Labute approximate surface area is 146 Å². The zero-order valence-corrected chi connectivity index (χ0v) is 13.5. The quantitative estimate of drug-likeness (QED) is 0.480. The first kappa shape index (κ1) is 16.2. The summed E-state index contributed by atoms with van der Waals surface area (Å²) in [6, 6.07) is 13.0. The van der Waals surface area contributed by atoms with E-state index in [0.717, 1.165) is 5.56 Å². The first-order valence-electron chi connectivity index (χ1n) is 6.74. The lowest BCUT2D eigenvalue weighted by molar-refractivity contribution is -0.384. The zero-order chi connectivity index (χ0) is 17.1. The highest BCUT2D eigenvalue weighted by molar-refractivity contribution is 6.50. The van der Waals surface area contributed by atoms with E-state index >= 15 is 0 Å². The van der Waals surface area contributed by atoms with Crippen LogP contribution in [0.15, 0.2) is 52.9 Å². The van der Waals surface area contributed by atoms with Crippen molar-refractivity contribution in [2.45, 2.75) is 0 Å². The van der Waals surface area contributed by atoms with E-state index in [2.05, 4.69) is 10.2 Å². The van der Waals surface area contributed by atoms with Crippen molar-refractivity contribution in [3.8, 4) is 11.5 Å². The standard InChI is InChI=1S/C16H9Cl2N3O3/c17-12-5-1-3-10(7-12)8-14(18)16-20-19-15(24-16)11-4-2-6-13(9-11)21(22)23/h1-9H/b14-8-. The smallest absolute Gasteiger partial charge is 0.270 e. The van der Waals surface area contributed by atoms with Gasteiger partial charge < -0.3 is 4.42 Å². The minimum absolute atomic E-state index is 0.0622. The van der Waals surface area contributed by atoms with Crippen LogP contribution in [0.1, 0.15) is 11.5 Å². The van der Waals surface area contributed by atoms with Crippen LogP contribution in [-0.2, 0) is 0 Å². The SMILES string of the molecule is O=[N+]([O-])c1cccc(-c2nnc(/C(Cl)=C/c3cccc(Cl)c3)o2)c1. The molecule has 0 fully saturated rings. The number of nitro groups is 1. The molecular formula is C16H9Cl2N3O3. The molecule has 8 heteroatoms. The Kier molecular flexibility index (Phi) is 4.59. The number of hydrogen-bond donors (Lipinski definition) is 0. The van der Waals surface area contributed by atoms with Gasteiger partial charge in [0, 0.05) is 22.7 Å². The Morgan fingerprint density at radius 3 is 2.71 bits per heavy atom. The number of hydrogen-bond acceptors (Lipinski definition) is 5. The Morgan fingerprint density at radius 2 is 1.96 bits per heavy atom. The van der Waals surface area contributed by atoms with E-state index in [-0.39, 0.29) is 22.5 Å². The molecule has 0 aliphatic carbocycles. The Morgan fingerprint density at radius 1 is 1.17 bits per heavy atom. The second kappa shape index (κ2) is 6.82. The summed E-state index contributed by atoms with van der Waals surface area (Å²) in [5.41, 5.74) is 1.16. The van der Waals surface area contributed by atoms with Crippen LogP contribution in [-0.4, -0.2) is 15.1 Å². The highest BCUT2D eigenvalue weighted by atomic mass is 35.5. The molecule has 24 heavy (non-hydrogen) atoms. The average Bonchev–Trinajstić information content (AvgIpc) is 3.05. The number of rotatable bonds is 4. The summed E-state index contributed by atoms with van der Waals surface area (Å²) in [5, 5.41) is 19.4. The molecule has 6 nitrogen and oxygen atoms in total. The first-order chi connectivity index (χ1) is 11.5. The molecule has 0 aliphatic rings. The first-order valence-corrected chi connectivity index (χ1v) is 7.50. The van der Waals surface area contributed by atoms with Gasteiger partial charge >= 0.3 is 0 Å². The Balaban J connectivity index is 1.90. The van der Waals surface area contributed by atoms with Crippen LogP contribution >= 0.6 is 23.2 Å². The van der Waals surface area contributed by atoms with E-state index in [1.807, 2.05) is 6.07 Å². The van der Waals surface area contributed by atoms with Gasteiger partial charge in [-0.25, -0.2) is 0 Å². The van der Waals surface area contributed by atoms with Crippen molar-refractivity contribution in [2.24, 2.45) is 0 Å². The fraction of sp³-hybridized carbons (Fsp3) is 0. The van der Waals surface area contributed by atoms with E-state index in [9.17, 15) is 10.1 Å². The van der Waals surface area contributed by atoms with E-state index in [0.29, 0.717) is 10.6 Å². The molecule has 3 aromatic rings. The fourth-order valence-electron chi connectivity index (χ4n) is 1.99. The Hall–Kier alpha value is -2.70. The van der Waals surface area contributed by atoms with Gasteiger partial charge in [0.15, 0.2) is 0 Å². The lowest BCUT2D eigenvalue weighted by Crippen LogP contribution is -1.88. The molecule has 0 saturated heterocycles. The minimum Gasteiger partial charge on any atom is -0.415 e. The summed E-state index contributed by atoms with van der Waals surface area (Å²) in [7, 11) is 0. The van der Waals surface area contributed by atoms with Crippen LogP contribution in [0.4, 0.5) is 5.69 Å². The molecule has 0 bridgehead atoms. The van der Waals surface area contributed by atoms with Crippen molar-refractivity contribution < 1.29 is 9.34 Å². The zero-order valence-electron chi connectivity index (χ0n) is 12.0. The van der Waals surface area contributed by atoms with Crippen molar-refractivity contribution in [2.75, 3.05) is 0 Å². The van der Waals surface area contributed by atoms with E-state index in [1.54, 1.807) is 36.4 Å². The number of aromatic nitrogens is 2. The van der Waals surface area contributed by atoms with Gasteiger partial charge in [-0.15, -0.1) is 10.2 Å². The summed E-state index contributed by atoms with van der Waals surface area (Å²) in [6.07, 6.45) is 1.64. The second-order valence-electron chi connectivity index (χ2n) is 4.77. The van der Waals surface area contributed by atoms with Gasteiger partial charge in [-0.2, -0.15) is 0 Å². The van der Waals surface area contributed by atoms with Crippen LogP contribution in [0.3, 0.4) is 0 Å². The number of nitrogens with zero attached hydrogens (tertiary/aromatic N) is 3. The molecule has 0 aliphatic heterocycles. The normalized spacial score (nSPS) is 11.5. The van der Waals surface area contributed by atoms with Gasteiger partial charge in [0.05, 0.1) is 4.92 Å². The molecule has 3 rings (SSSR count). The highest BCUT2D eigenvalue weighted by Crippen LogP contribution is 2.27. The largest absolute Gasteiger partial charge is 0.415 e. The summed E-state index contributed by atoms with van der Waals surface area (Å²) >= 11 is 12.1. The lowest BCUT2D eigenvalue weighted by atomic mass is 10.2. The van der Waals surface area contributed by atoms with Crippen molar-refractivity contribution in [3.05, 3.63) is 75.1 Å². The highest BCUT2D eigenvalue weighted by Gasteiger charge is 2.14. The Bertz CT molecular complexity index is 938. The predicted octanol–water partition coefficient (Wildman–Crippen LogP) is 5.04. The van der Waals surface area contributed by atoms with Crippen molar-refractivity contribution in [3.63, 3.8) is 0 Å². The third kappa shape index (κ3) is 3.61. The second-order valence-corrected chi connectivity index (χ2v) is 5.61. The summed E-state index contributed by atoms with van der Waals surface area (Å²) in [6.45, 7) is 0. The molecule has 0 N–H and O–H groups in total. The predicted molar refractivity (Wildman–Crippen MR) is 91.6 cm³/mol. The molecule has 0 saturated carbocycles. The third-order valence-electron chi connectivity index (χ3n) is 3.08. The molecule has 0 radical (unpaired) electrons. The number of nitro benzene ring substituents is 1. The number of non-ortho nitro benzene ring substituents is 1. The van der Waals surface area contributed by atoms with Gasteiger partial charge in [0.25, 0.3) is 11.6 Å². The molecule has 0 amide bonds. The van der Waals surface area contributed by atoms with Crippen molar-refractivity contribution in [1.29, 1.82) is 0 Å². The monoisotopic (exact) mass is 361 g/mol. The fourth-order valence-corrected chi connectivity index (χ4v) is 2.39. The maximum absolute atomic E-state index is 10.8. The summed E-state index contributed by atoms with van der Waals surface area (Å²) in [4.78, 5) is 10.3. The van der Waals surface area contributed by atoms with Crippen LogP contribution in [0, 0.1) is 10.1 Å². The van der Waals surface area contributed by atoms with E-state index < -0.39 is 4.92 Å². The van der Waals surface area contributed by atoms with Crippen LogP contribution in [0.25, 0.3) is 22.6 Å². The molecular weight excluding hydrogens is 353 g/mol. The minimum atomic E-state index is -0.493. The summed E-state index contributed by atoms with van der Waals surface area (Å²) in [5.74, 6) is 0.254. The lowest BCUT2D eigenvalue weighted by Gasteiger charge is -1.96. The maximum Gasteiger partial charge on any atom is 0.270 e. The molecule has 1 aromatic heterocycles. The molecule has 0 atom stereocenters. The molecule has 120 valence electrons. The van der Waals surface area contributed by atoms with Crippen molar-refractivity contribution in [1.82, 2.24) is 10.2 Å². The van der Waals surface area contributed by atoms with Crippen LogP contribution < -0.4 is 0 Å². The molecule has 0 spiro atoms. The molecule has 1 heterocycles. The van der Waals surface area contributed by atoms with E-state index in [4.69, 9.17) is 27.6 Å². The van der Waals surface area contributed by atoms with Crippen LogP contribution in [0.5, 0.6) is 0 Å². The van der Waals surface area contributed by atoms with Gasteiger partial charge in [-0.05, 0) is 29.8 Å². The van der Waals surface area contributed by atoms with Gasteiger partial charge in [-0.1, -0.05) is 41.4 Å². The maximum atomic E-state index is 10.8. The average molecular weight is 362 g/mol. The van der Waals surface area contributed by atoms with Crippen LogP contribution in [0.2, 0.25) is 5.02 Å². The molecule has 2 aromatic carbocycles. The van der Waals surface area contributed by atoms with Crippen molar-refractivity contribution >= 4 is 40.0 Å². The number of benzene rings is 2. The van der Waals surface area contributed by atoms with Gasteiger partial charge in [0.2, 0.25) is 5.89 Å².